The molecule has 1 saturated heterocycles. The van der Waals surface area contributed by atoms with Crippen LogP contribution in [0, 0.1) is 0 Å². The number of methoxy groups -OCH3 is 1. The second-order valence-electron chi connectivity index (χ2n) is 5.72. The fourth-order valence-corrected chi connectivity index (χ4v) is 2.80. The van der Waals surface area contributed by atoms with Gasteiger partial charge in [0.25, 0.3) is 0 Å². The minimum atomic E-state index is -0.275. The SMILES string of the molecule is CCCC[C@@H]1CN(Cc2ccc(C(=O)OC)cc2)CCN1. The van der Waals surface area contributed by atoms with Gasteiger partial charge in [0.2, 0.25) is 0 Å². The Hall–Kier alpha value is -1.39. The van der Waals surface area contributed by atoms with E-state index in [0.29, 0.717) is 11.6 Å². The number of ether oxygens (including phenoxy) is 1. The topological polar surface area (TPSA) is 41.6 Å². The van der Waals surface area contributed by atoms with E-state index in [1.54, 1.807) is 0 Å². The maximum atomic E-state index is 11.4. The number of rotatable bonds is 6. The Morgan fingerprint density at radius 2 is 2.14 bits per heavy atom. The molecular formula is C17H26N2O2. The molecule has 116 valence electrons. The maximum Gasteiger partial charge on any atom is 0.337 e. The second kappa shape index (κ2) is 8.15. The van der Waals surface area contributed by atoms with Crippen molar-refractivity contribution < 1.29 is 9.53 Å². The van der Waals surface area contributed by atoms with Gasteiger partial charge in [0.15, 0.2) is 0 Å². The molecule has 2 rings (SSSR count). The smallest absolute Gasteiger partial charge is 0.337 e. The van der Waals surface area contributed by atoms with Gasteiger partial charge in [-0.05, 0) is 24.1 Å². The number of piperazine rings is 1. The number of hydrogen-bond donors (Lipinski definition) is 1. The van der Waals surface area contributed by atoms with E-state index in [4.69, 9.17) is 4.74 Å². The van der Waals surface area contributed by atoms with Gasteiger partial charge in [-0.3, -0.25) is 4.90 Å². The van der Waals surface area contributed by atoms with Gasteiger partial charge in [-0.2, -0.15) is 0 Å². The Morgan fingerprint density at radius 1 is 1.38 bits per heavy atom. The molecule has 21 heavy (non-hydrogen) atoms. The minimum Gasteiger partial charge on any atom is -0.465 e. The number of carbonyl (C=O) groups is 1. The number of benzene rings is 1. The van der Waals surface area contributed by atoms with Crippen LogP contribution in [0.3, 0.4) is 0 Å². The standard InChI is InChI=1S/C17H26N2O2/c1-3-4-5-16-13-19(11-10-18-16)12-14-6-8-15(9-7-14)17(20)21-2/h6-9,16,18H,3-5,10-13H2,1-2H3/t16-/m1/s1. The zero-order valence-corrected chi connectivity index (χ0v) is 13.1. The van der Waals surface area contributed by atoms with Crippen LogP contribution >= 0.6 is 0 Å². The molecule has 0 radical (unpaired) electrons. The van der Waals surface area contributed by atoms with Crippen LogP contribution in [0.1, 0.15) is 42.1 Å². The molecule has 1 aliphatic heterocycles. The monoisotopic (exact) mass is 290 g/mol. The summed E-state index contributed by atoms with van der Waals surface area (Å²) in [5.74, 6) is -0.275. The first kappa shape index (κ1) is 16.0. The average Bonchev–Trinajstić information content (AvgIpc) is 2.53. The van der Waals surface area contributed by atoms with Crippen molar-refractivity contribution in [3.63, 3.8) is 0 Å². The fraction of sp³-hybridized carbons (Fsp3) is 0.588. The Labute approximate surface area is 127 Å². The zero-order valence-electron chi connectivity index (χ0n) is 13.1. The summed E-state index contributed by atoms with van der Waals surface area (Å²) in [6.07, 6.45) is 3.81. The quantitative estimate of drug-likeness (QED) is 0.817. The lowest BCUT2D eigenvalue weighted by Gasteiger charge is -2.33. The van der Waals surface area contributed by atoms with E-state index in [9.17, 15) is 4.79 Å². The van der Waals surface area contributed by atoms with Crippen LogP contribution in [0.4, 0.5) is 0 Å². The van der Waals surface area contributed by atoms with Gasteiger partial charge in [-0.15, -0.1) is 0 Å². The van der Waals surface area contributed by atoms with E-state index in [0.717, 1.165) is 26.2 Å². The third-order valence-electron chi connectivity index (χ3n) is 4.03. The number of hydrogen-bond acceptors (Lipinski definition) is 4. The van der Waals surface area contributed by atoms with Crippen LogP contribution in [0.25, 0.3) is 0 Å². The summed E-state index contributed by atoms with van der Waals surface area (Å²) in [6, 6.07) is 8.36. The lowest BCUT2D eigenvalue weighted by atomic mass is 10.1. The van der Waals surface area contributed by atoms with Crippen molar-refractivity contribution in [1.82, 2.24) is 10.2 Å². The number of unbranched alkanes of at least 4 members (excludes halogenated alkanes) is 1. The van der Waals surface area contributed by atoms with Crippen LogP contribution < -0.4 is 5.32 Å². The Kier molecular flexibility index (Phi) is 6.21. The van der Waals surface area contributed by atoms with Gasteiger partial charge in [-0.25, -0.2) is 4.79 Å². The molecule has 1 fully saturated rings. The highest BCUT2D eigenvalue weighted by molar-refractivity contribution is 5.89. The normalized spacial score (nSPS) is 19.4. The first-order chi connectivity index (χ1) is 10.2. The second-order valence-corrected chi connectivity index (χ2v) is 5.72. The van der Waals surface area contributed by atoms with Gasteiger partial charge in [0, 0.05) is 32.2 Å². The summed E-state index contributed by atoms with van der Waals surface area (Å²) in [4.78, 5) is 13.9. The lowest BCUT2D eigenvalue weighted by Crippen LogP contribution is -2.50. The van der Waals surface area contributed by atoms with Crippen molar-refractivity contribution in [1.29, 1.82) is 0 Å². The Bertz CT molecular complexity index is 445. The van der Waals surface area contributed by atoms with E-state index < -0.39 is 0 Å². The van der Waals surface area contributed by atoms with Crippen molar-refractivity contribution in [2.75, 3.05) is 26.7 Å². The van der Waals surface area contributed by atoms with Crippen molar-refractivity contribution >= 4 is 5.97 Å². The fourth-order valence-electron chi connectivity index (χ4n) is 2.80. The number of carbonyl (C=O) groups excluding carboxylic acids is 1. The predicted molar refractivity (Wildman–Crippen MR) is 84.4 cm³/mol. The Balaban J connectivity index is 1.87. The average molecular weight is 290 g/mol. The van der Waals surface area contributed by atoms with Crippen molar-refractivity contribution in [3.05, 3.63) is 35.4 Å². The summed E-state index contributed by atoms with van der Waals surface area (Å²) in [7, 11) is 1.41. The molecular weight excluding hydrogens is 264 g/mol. The molecule has 1 aromatic rings. The van der Waals surface area contributed by atoms with Crippen LogP contribution in [0.15, 0.2) is 24.3 Å². The van der Waals surface area contributed by atoms with E-state index in [-0.39, 0.29) is 5.97 Å². The molecule has 1 atom stereocenters. The van der Waals surface area contributed by atoms with Crippen LogP contribution in [-0.2, 0) is 11.3 Å². The molecule has 0 spiro atoms. The molecule has 0 bridgehead atoms. The summed E-state index contributed by atoms with van der Waals surface area (Å²) >= 11 is 0. The van der Waals surface area contributed by atoms with Gasteiger partial charge < -0.3 is 10.1 Å². The number of esters is 1. The molecule has 0 aliphatic carbocycles. The molecule has 4 nitrogen and oxygen atoms in total. The molecule has 0 amide bonds. The molecule has 1 aliphatic rings. The van der Waals surface area contributed by atoms with Crippen LogP contribution in [-0.4, -0.2) is 43.7 Å². The van der Waals surface area contributed by atoms with Crippen molar-refractivity contribution in [3.8, 4) is 0 Å². The molecule has 0 saturated carbocycles. The lowest BCUT2D eigenvalue weighted by molar-refractivity contribution is 0.0600. The molecule has 1 N–H and O–H groups in total. The summed E-state index contributed by atoms with van der Waals surface area (Å²) in [5.41, 5.74) is 1.86. The molecule has 4 heteroatoms. The van der Waals surface area contributed by atoms with Crippen LogP contribution in [0.2, 0.25) is 0 Å². The zero-order chi connectivity index (χ0) is 15.1. The maximum absolute atomic E-state index is 11.4. The highest BCUT2D eigenvalue weighted by Gasteiger charge is 2.18. The van der Waals surface area contributed by atoms with Gasteiger partial charge in [-0.1, -0.05) is 31.9 Å². The van der Waals surface area contributed by atoms with Crippen molar-refractivity contribution in [2.24, 2.45) is 0 Å². The summed E-state index contributed by atoms with van der Waals surface area (Å²) in [5, 5.41) is 3.60. The van der Waals surface area contributed by atoms with Gasteiger partial charge in [0.1, 0.15) is 0 Å². The van der Waals surface area contributed by atoms with E-state index >= 15 is 0 Å². The molecule has 0 aromatic heterocycles. The molecule has 1 heterocycles. The third-order valence-corrected chi connectivity index (χ3v) is 4.03. The first-order valence-electron chi connectivity index (χ1n) is 7.86. The highest BCUT2D eigenvalue weighted by Crippen LogP contribution is 2.12. The van der Waals surface area contributed by atoms with E-state index in [1.807, 2.05) is 24.3 Å². The van der Waals surface area contributed by atoms with E-state index in [1.165, 1.54) is 31.9 Å². The predicted octanol–water partition coefficient (Wildman–Crippen LogP) is 2.44. The molecule has 1 aromatic carbocycles. The first-order valence-corrected chi connectivity index (χ1v) is 7.86. The number of nitrogens with one attached hydrogen (secondary N) is 1. The van der Waals surface area contributed by atoms with Gasteiger partial charge in [0.05, 0.1) is 12.7 Å². The van der Waals surface area contributed by atoms with Crippen molar-refractivity contribution in [2.45, 2.75) is 38.8 Å². The summed E-state index contributed by atoms with van der Waals surface area (Å²) in [6.45, 7) is 6.45. The third kappa shape index (κ3) is 4.83. The minimum absolute atomic E-state index is 0.275. The van der Waals surface area contributed by atoms with Gasteiger partial charge >= 0.3 is 5.97 Å². The molecule has 0 unspecified atom stereocenters. The number of nitrogens with zero attached hydrogens (tertiary/aromatic N) is 1. The largest absolute Gasteiger partial charge is 0.465 e. The van der Waals surface area contributed by atoms with Crippen LogP contribution in [0.5, 0.6) is 0 Å². The highest BCUT2D eigenvalue weighted by atomic mass is 16.5. The summed E-state index contributed by atoms with van der Waals surface area (Å²) < 4.78 is 4.72. The van der Waals surface area contributed by atoms with E-state index in [2.05, 4.69) is 17.1 Å². The Morgan fingerprint density at radius 3 is 2.81 bits per heavy atom.